The van der Waals surface area contributed by atoms with E-state index < -0.39 is 0 Å². The van der Waals surface area contributed by atoms with E-state index >= 15 is 0 Å². The molecule has 0 saturated carbocycles. The smallest absolute Gasteiger partial charge is 0.103 e. The number of imidazole rings is 1. The molecule has 2 nitrogen and oxygen atoms in total. The Labute approximate surface area is 88.3 Å². The molecule has 0 saturated heterocycles. The molecule has 1 aromatic rings. The number of hydrogen-bond donors (Lipinski definition) is 1. The van der Waals surface area contributed by atoms with Crippen LogP contribution in [0.1, 0.15) is 18.4 Å². The van der Waals surface area contributed by atoms with Crippen LogP contribution >= 0.6 is 23.5 Å². The van der Waals surface area contributed by atoms with Crippen molar-refractivity contribution in [2.24, 2.45) is 0 Å². The highest BCUT2D eigenvalue weighted by Crippen LogP contribution is 2.12. The summed E-state index contributed by atoms with van der Waals surface area (Å²) in [5.41, 5.74) is 1.24. The van der Waals surface area contributed by atoms with Crippen LogP contribution in [0.25, 0.3) is 0 Å². The highest BCUT2D eigenvalue weighted by molar-refractivity contribution is 8.02. The van der Waals surface area contributed by atoms with E-state index in [9.17, 15) is 0 Å². The predicted octanol–water partition coefficient (Wildman–Crippen LogP) is 2.70. The molecule has 0 atom stereocenters. The average molecular weight is 216 g/mol. The molecule has 4 heteroatoms. The Kier molecular flexibility index (Phi) is 5.39. The summed E-state index contributed by atoms with van der Waals surface area (Å²) in [5, 5.41) is 0. The van der Waals surface area contributed by atoms with Crippen LogP contribution < -0.4 is 0 Å². The highest BCUT2D eigenvalue weighted by Gasteiger charge is 1.96. The Morgan fingerprint density at radius 3 is 2.77 bits per heavy atom. The fourth-order valence-corrected chi connectivity index (χ4v) is 2.73. The van der Waals surface area contributed by atoms with Crippen molar-refractivity contribution in [3.8, 4) is 0 Å². The molecule has 13 heavy (non-hydrogen) atoms. The second-order valence-electron chi connectivity index (χ2n) is 2.74. The van der Waals surface area contributed by atoms with Gasteiger partial charge in [0.15, 0.2) is 0 Å². The standard InChI is InChI=1S/C9H16N2S2/c1-3-12-4-5-13-7-9-6-10-8(2)11-9/h6H,3-5,7H2,1-2H3,(H,10,11). The van der Waals surface area contributed by atoms with Crippen LogP contribution in [0.4, 0.5) is 0 Å². The topological polar surface area (TPSA) is 28.7 Å². The molecule has 0 unspecified atom stereocenters. The van der Waals surface area contributed by atoms with Gasteiger partial charge in [0.25, 0.3) is 0 Å². The van der Waals surface area contributed by atoms with Gasteiger partial charge < -0.3 is 4.98 Å². The second kappa shape index (κ2) is 6.38. The molecule has 0 aromatic carbocycles. The van der Waals surface area contributed by atoms with E-state index in [2.05, 4.69) is 16.9 Å². The molecule has 0 amide bonds. The zero-order valence-electron chi connectivity index (χ0n) is 8.17. The molecular weight excluding hydrogens is 200 g/mol. The van der Waals surface area contributed by atoms with Crippen molar-refractivity contribution in [1.82, 2.24) is 9.97 Å². The number of H-pyrrole nitrogens is 1. The van der Waals surface area contributed by atoms with Crippen molar-refractivity contribution in [2.75, 3.05) is 17.3 Å². The molecule has 0 spiro atoms. The van der Waals surface area contributed by atoms with E-state index in [-0.39, 0.29) is 0 Å². The number of aromatic nitrogens is 2. The molecule has 74 valence electrons. The zero-order chi connectivity index (χ0) is 9.52. The van der Waals surface area contributed by atoms with E-state index in [4.69, 9.17) is 0 Å². The van der Waals surface area contributed by atoms with Gasteiger partial charge in [0.05, 0.1) is 0 Å². The van der Waals surface area contributed by atoms with Gasteiger partial charge in [-0.15, -0.1) is 0 Å². The molecule has 0 radical (unpaired) electrons. The minimum absolute atomic E-state index is 1.01. The van der Waals surface area contributed by atoms with Crippen LogP contribution in [-0.4, -0.2) is 27.2 Å². The van der Waals surface area contributed by atoms with Gasteiger partial charge in [-0.25, -0.2) is 4.98 Å². The highest BCUT2D eigenvalue weighted by atomic mass is 32.2. The van der Waals surface area contributed by atoms with Gasteiger partial charge in [0, 0.05) is 29.1 Å². The third-order valence-corrected chi connectivity index (χ3v) is 3.76. The fourth-order valence-electron chi connectivity index (χ4n) is 0.989. The SMILES string of the molecule is CCSCCSCc1cnc(C)[nH]1. The third-order valence-electron chi connectivity index (χ3n) is 1.59. The molecule has 1 aromatic heterocycles. The lowest BCUT2D eigenvalue weighted by atomic mass is 10.6. The zero-order valence-corrected chi connectivity index (χ0v) is 9.80. The number of thioether (sulfide) groups is 2. The van der Waals surface area contributed by atoms with Crippen LogP contribution in [0.15, 0.2) is 6.20 Å². The second-order valence-corrected chi connectivity index (χ2v) is 5.24. The fraction of sp³-hybridized carbons (Fsp3) is 0.667. The predicted molar refractivity (Wildman–Crippen MR) is 62.5 cm³/mol. The molecule has 0 aliphatic carbocycles. The maximum atomic E-state index is 4.16. The Bertz CT molecular complexity index is 235. The minimum Gasteiger partial charge on any atom is -0.345 e. The lowest BCUT2D eigenvalue weighted by Crippen LogP contribution is -1.87. The summed E-state index contributed by atoms with van der Waals surface area (Å²) in [5.74, 6) is 5.79. The van der Waals surface area contributed by atoms with Gasteiger partial charge in [-0.05, 0) is 12.7 Å². The van der Waals surface area contributed by atoms with Crippen molar-refractivity contribution < 1.29 is 0 Å². The Balaban J connectivity index is 2.06. The number of nitrogens with zero attached hydrogens (tertiary/aromatic N) is 1. The number of aryl methyl sites for hydroxylation is 1. The number of nitrogens with one attached hydrogen (secondary N) is 1. The van der Waals surface area contributed by atoms with Gasteiger partial charge in [0.1, 0.15) is 5.82 Å². The van der Waals surface area contributed by atoms with E-state index in [1.165, 1.54) is 23.0 Å². The van der Waals surface area contributed by atoms with E-state index in [0.29, 0.717) is 0 Å². The first-order valence-electron chi connectivity index (χ1n) is 4.49. The first kappa shape index (κ1) is 11.0. The summed E-state index contributed by atoms with van der Waals surface area (Å²) in [6.07, 6.45) is 1.93. The van der Waals surface area contributed by atoms with Gasteiger partial charge in [0.2, 0.25) is 0 Å². The van der Waals surface area contributed by atoms with Gasteiger partial charge in [-0.1, -0.05) is 6.92 Å². The van der Waals surface area contributed by atoms with E-state index in [1.54, 1.807) is 0 Å². The van der Waals surface area contributed by atoms with Crippen molar-refractivity contribution in [2.45, 2.75) is 19.6 Å². The number of aromatic amines is 1. The summed E-state index contributed by atoms with van der Waals surface area (Å²) in [6, 6.07) is 0. The van der Waals surface area contributed by atoms with Gasteiger partial charge in [-0.3, -0.25) is 0 Å². The van der Waals surface area contributed by atoms with Crippen molar-refractivity contribution in [3.05, 3.63) is 17.7 Å². The quantitative estimate of drug-likeness (QED) is 0.741. The monoisotopic (exact) mass is 216 g/mol. The van der Waals surface area contributed by atoms with Crippen LogP contribution in [-0.2, 0) is 5.75 Å². The molecule has 0 bridgehead atoms. The molecule has 1 N–H and O–H groups in total. The maximum Gasteiger partial charge on any atom is 0.103 e. The van der Waals surface area contributed by atoms with E-state index in [0.717, 1.165) is 11.6 Å². The molecule has 0 aliphatic heterocycles. The van der Waals surface area contributed by atoms with Crippen LogP contribution in [0.2, 0.25) is 0 Å². The average Bonchev–Trinajstić information content (AvgIpc) is 2.51. The van der Waals surface area contributed by atoms with E-state index in [1.807, 2.05) is 36.6 Å². The summed E-state index contributed by atoms with van der Waals surface area (Å²) < 4.78 is 0. The largest absolute Gasteiger partial charge is 0.345 e. The summed E-state index contributed by atoms with van der Waals surface area (Å²) in [4.78, 5) is 7.39. The number of rotatable bonds is 6. The molecule has 1 heterocycles. The molecule has 0 fully saturated rings. The summed E-state index contributed by atoms with van der Waals surface area (Å²) >= 11 is 3.97. The van der Waals surface area contributed by atoms with Gasteiger partial charge in [-0.2, -0.15) is 23.5 Å². The first-order valence-corrected chi connectivity index (χ1v) is 6.80. The van der Waals surface area contributed by atoms with Crippen molar-refractivity contribution in [3.63, 3.8) is 0 Å². The Morgan fingerprint density at radius 2 is 2.15 bits per heavy atom. The Hall–Kier alpha value is -0.0900. The molecule has 1 rings (SSSR count). The van der Waals surface area contributed by atoms with Gasteiger partial charge >= 0.3 is 0 Å². The molecular formula is C9H16N2S2. The maximum absolute atomic E-state index is 4.16. The lowest BCUT2D eigenvalue weighted by molar-refractivity contribution is 1.12. The normalized spacial score (nSPS) is 10.6. The van der Waals surface area contributed by atoms with Crippen LogP contribution in [0, 0.1) is 6.92 Å². The first-order chi connectivity index (χ1) is 6.33. The third kappa shape index (κ3) is 4.62. The minimum atomic E-state index is 1.01. The van der Waals surface area contributed by atoms with Crippen molar-refractivity contribution in [1.29, 1.82) is 0 Å². The van der Waals surface area contributed by atoms with Crippen LogP contribution in [0.3, 0.4) is 0 Å². The molecule has 0 aliphatic rings. The summed E-state index contributed by atoms with van der Waals surface area (Å²) in [7, 11) is 0. The lowest BCUT2D eigenvalue weighted by Gasteiger charge is -1.98. The Morgan fingerprint density at radius 1 is 1.38 bits per heavy atom. The van der Waals surface area contributed by atoms with Crippen molar-refractivity contribution >= 4 is 23.5 Å². The summed E-state index contributed by atoms with van der Waals surface area (Å²) in [6.45, 7) is 4.19. The number of hydrogen-bond acceptors (Lipinski definition) is 3. The van der Waals surface area contributed by atoms with Crippen LogP contribution in [0.5, 0.6) is 0 Å².